The number of hydrogen-bond acceptors (Lipinski definition) is 4. The van der Waals surface area contributed by atoms with Crippen molar-refractivity contribution in [3.8, 4) is 6.01 Å². The Morgan fingerprint density at radius 1 is 1.57 bits per heavy atom. The number of methoxy groups -OCH3 is 1. The number of H-pyrrole nitrogens is 1. The lowest BCUT2D eigenvalue weighted by atomic mass is 10.3. The highest BCUT2D eigenvalue weighted by Gasteiger charge is 2.06. The first kappa shape index (κ1) is 8.96. The van der Waals surface area contributed by atoms with Crippen molar-refractivity contribution in [1.82, 2.24) is 20.3 Å². The second-order valence-corrected chi connectivity index (χ2v) is 2.96. The van der Waals surface area contributed by atoms with E-state index in [1.165, 1.54) is 0 Å². The van der Waals surface area contributed by atoms with E-state index in [1.54, 1.807) is 13.3 Å². The third-order valence-corrected chi connectivity index (χ3v) is 2.02. The van der Waals surface area contributed by atoms with Crippen LogP contribution in [-0.4, -0.2) is 29.1 Å². The van der Waals surface area contributed by atoms with Gasteiger partial charge in [-0.25, -0.2) is 4.98 Å². The standard InChI is InChI=1S/C9H12N4O/c1-10-3-6-4-11-7-5-12-9(14-2)13-8(6)7/h4-5,10-11H,3H2,1-2H3. The molecule has 2 heterocycles. The highest BCUT2D eigenvalue weighted by atomic mass is 16.5. The average molecular weight is 192 g/mol. The average Bonchev–Trinajstić information content (AvgIpc) is 2.61. The van der Waals surface area contributed by atoms with Crippen molar-refractivity contribution in [1.29, 1.82) is 0 Å². The summed E-state index contributed by atoms with van der Waals surface area (Å²) in [7, 11) is 3.46. The molecule has 0 saturated heterocycles. The molecule has 0 aliphatic carbocycles. The smallest absolute Gasteiger partial charge is 0.316 e. The van der Waals surface area contributed by atoms with E-state index in [0.717, 1.165) is 23.1 Å². The molecule has 2 rings (SSSR count). The van der Waals surface area contributed by atoms with Gasteiger partial charge < -0.3 is 15.0 Å². The highest BCUT2D eigenvalue weighted by Crippen LogP contribution is 2.16. The van der Waals surface area contributed by atoms with Crippen LogP contribution < -0.4 is 10.1 Å². The second kappa shape index (κ2) is 3.63. The zero-order valence-electron chi connectivity index (χ0n) is 8.16. The molecule has 0 bridgehead atoms. The van der Waals surface area contributed by atoms with Crippen LogP contribution in [0.2, 0.25) is 0 Å². The van der Waals surface area contributed by atoms with Crippen LogP contribution in [0.3, 0.4) is 0 Å². The SMILES string of the molecule is CNCc1c[nH]c2cnc(OC)nc12. The molecule has 2 aromatic rings. The minimum atomic E-state index is 0.398. The predicted molar refractivity (Wildman–Crippen MR) is 53.2 cm³/mol. The number of aromatic amines is 1. The number of rotatable bonds is 3. The summed E-state index contributed by atoms with van der Waals surface area (Å²) >= 11 is 0. The maximum Gasteiger partial charge on any atom is 0.316 e. The Balaban J connectivity index is 2.52. The highest BCUT2D eigenvalue weighted by molar-refractivity contribution is 5.78. The molecule has 74 valence electrons. The maximum absolute atomic E-state index is 4.97. The van der Waals surface area contributed by atoms with Gasteiger partial charge >= 0.3 is 6.01 Å². The van der Waals surface area contributed by atoms with E-state index in [1.807, 2.05) is 13.2 Å². The summed E-state index contributed by atoms with van der Waals surface area (Å²) in [5.41, 5.74) is 2.95. The Bertz CT molecular complexity index is 437. The molecule has 0 atom stereocenters. The summed E-state index contributed by atoms with van der Waals surface area (Å²) in [6, 6.07) is 0.398. The van der Waals surface area contributed by atoms with Crippen molar-refractivity contribution in [2.75, 3.05) is 14.2 Å². The van der Waals surface area contributed by atoms with Gasteiger partial charge in [0.05, 0.1) is 24.3 Å². The van der Waals surface area contributed by atoms with Gasteiger partial charge in [-0.15, -0.1) is 0 Å². The third-order valence-electron chi connectivity index (χ3n) is 2.02. The van der Waals surface area contributed by atoms with Crippen molar-refractivity contribution < 1.29 is 4.74 Å². The molecule has 0 aliphatic heterocycles. The van der Waals surface area contributed by atoms with Gasteiger partial charge in [-0.3, -0.25) is 0 Å². The molecule has 0 aliphatic rings. The van der Waals surface area contributed by atoms with E-state index in [2.05, 4.69) is 20.3 Å². The van der Waals surface area contributed by atoms with Crippen molar-refractivity contribution in [2.24, 2.45) is 0 Å². The number of fused-ring (bicyclic) bond motifs is 1. The molecular formula is C9H12N4O. The number of aromatic nitrogens is 3. The fourth-order valence-corrected chi connectivity index (χ4v) is 1.37. The van der Waals surface area contributed by atoms with E-state index < -0.39 is 0 Å². The lowest BCUT2D eigenvalue weighted by molar-refractivity contribution is 0.381. The molecule has 5 heteroatoms. The topological polar surface area (TPSA) is 62.8 Å². The lowest BCUT2D eigenvalue weighted by Gasteiger charge is -1.98. The number of nitrogens with zero attached hydrogens (tertiary/aromatic N) is 2. The van der Waals surface area contributed by atoms with Crippen LogP contribution in [0.25, 0.3) is 11.0 Å². The first-order chi connectivity index (χ1) is 6.85. The van der Waals surface area contributed by atoms with Gasteiger partial charge in [-0.1, -0.05) is 0 Å². The predicted octanol–water partition coefficient (Wildman–Crippen LogP) is 0.686. The van der Waals surface area contributed by atoms with Crippen LogP contribution in [0.4, 0.5) is 0 Å². The Kier molecular flexibility index (Phi) is 2.32. The van der Waals surface area contributed by atoms with Gasteiger partial charge in [0.2, 0.25) is 0 Å². The second-order valence-electron chi connectivity index (χ2n) is 2.96. The summed E-state index contributed by atoms with van der Waals surface area (Å²) < 4.78 is 4.97. The van der Waals surface area contributed by atoms with Crippen LogP contribution >= 0.6 is 0 Å². The third kappa shape index (κ3) is 1.42. The lowest BCUT2D eigenvalue weighted by Crippen LogP contribution is -2.04. The Hall–Kier alpha value is -1.62. The summed E-state index contributed by atoms with van der Waals surface area (Å²) in [6.07, 6.45) is 3.65. The van der Waals surface area contributed by atoms with E-state index >= 15 is 0 Å². The normalized spacial score (nSPS) is 10.7. The van der Waals surface area contributed by atoms with Gasteiger partial charge in [0.25, 0.3) is 0 Å². The van der Waals surface area contributed by atoms with Crippen LogP contribution in [0.5, 0.6) is 6.01 Å². The Labute approximate surface area is 81.5 Å². The summed E-state index contributed by atoms with van der Waals surface area (Å²) in [4.78, 5) is 11.4. The molecule has 14 heavy (non-hydrogen) atoms. The Morgan fingerprint density at radius 2 is 2.43 bits per heavy atom. The first-order valence-corrected chi connectivity index (χ1v) is 4.36. The van der Waals surface area contributed by atoms with E-state index in [4.69, 9.17) is 4.74 Å². The minimum Gasteiger partial charge on any atom is -0.467 e. The summed E-state index contributed by atoms with van der Waals surface area (Å²) in [5.74, 6) is 0. The number of nitrogens with one attached hydrogen (secondary N) is 2. The van der Waals surface area contributed by atoms with Crippen LogP contribution in [0.1, 0.15) is 5.56 Å². The van der Waals surface area contributed by atoms with Gasteiger partial charge in [-0.05, 0) is 7.05 Å². The van der Waals surface area contributed by atoms with E-state index in [-0.39, 0.29) is 0 Å². The molecule has 5 nitrogen and oxygen atoms in total. The number of ether oxygens (including phenoxy) is 1. The van der Waals surface area contributed by atoms with Crippen LogP contribution in [0.15, 0.2) is 12.4 Å². The van der Waals surface area contributed by atoms with Crippen molar-refractivity contribution in [2.45, 2.75) is 6.54 Å². The van der Waals surface area contributed by atoms with Crippen LogP contribution in [0, 0.1) is 0 Å². The monoisotopic (exact) mass is 192 g/mol. The Morgan fingerprint density at radius 3 is 3.14 bits per heavy atom. The molecule has 0 saturated carbocycles. The van der Waals surface area contributed by atoms with Crippen LogP contribution in [-0.2, 0) is 6.54 Å². The molecule has 0 unspecified atom stereocenters. The largest absolute Gasteiger partial charge is 0.467 e. The molecule has 0 spiro atoms. The zero-order chi connectivity index (χ0) is 9.97. The van der Waals surface area contributed by atoms with E-state index in [0.29, 0.717) is 6.01 Å². The molecule has 0 aromatic carbocycles. The summed E-state index contributed by atoms with van der Waals surface area (Å²) in [5, 5.41) is 3.08. The fourth-order valence-electron chi connectivity index (χ4n) is 1.37. The molecule has 0 amide bonds. The fraction of sp³-hybridized carbons (Fsp3) is 0.333. The van der Waals surface area contributed by atoms with Gasteiger partial charge in [-0.2, -0.15) is 4.98 Å². The number of hydrogen-bond donors (Lipinski definition) is 2. The van der Waals surface area contributed by atoms with Gasteiger partial charge in [0.1, 0.15) is 0 Å². The molecule has 0 fully saturated rings. The minimum absolute atomic E-state index is 0.398. The van der Waals surface area contributed by atoms with E-state index in [9.17, 15) is 0 Å². The quantitative estimate of drug-likeness (QED) is 0.751. The van der Waals surface area contributed by atoms with Crippen molar-refractivity contribution in [3.05, 3.63) is 18.0 Å². The summed E-state index contributed by atoms with van der Waals surface area (Å²) in [6.45, 7) is 0.778. The molecular weight excluding hydrogens is 180 g/mol. The first-order valence-electron chi connectivity index (χ1n) is 4.36. The zero-order valence-corrected chi connectivity index (χ0v) is 8.16. The molecule has 0 radical (unpaired) electrons. The van der Waals surface area contributed by atoms with Crippen molar-refractivity contribution in [3.63, 3.8) is 0 Å². The van der Waals surface area contributed by atoms with Gasteiger partial charge in [0, 0.05) is 18.3 Å². The van der Waals surface area contributed by atoms with Crippen molar-refractivity contribution >= 4 is 11.0 Å². The van der Waals surface area contributed by atoms with Gasteiger partial charge in [0.15, 0.2) is 0 Å². The molecule has 2 N–H and O–H groups in total. The maximum atomic E-state index is 4.97. The molecule has 2 aromatic heterocycles.